The Morgan fingerprint density at radius 2 is 2.00 bits per heavy atom. The van der Waals surface area contributed by atoms with E-state index in [9.17, 15) is 0 Å². The van der Waals surface area contributed by atoms with Crippen LogP contribution in [0.4, 0.5) is 0 Å². The lowest BCUT2D eigenvalue weighted by Crippen LogP contribution is -2.02. The molecule has 0 fully saturated rings. The Balaban J connectivity index is 0. The van der Waals surface area contributed by atoms with Gasteiger partial charge in [0.1, 0.15) is 0 Å². The summed E-state index contributed by atoms with van der Waals surface area (Å²) in [5.41, 5.74) is 5.17. The third-order valence-electron chi connectivity index (χ3n) is 0.498. The normalized spacial score (nSPS) is 8.25. The maximum atomic E-state index is 8.23. The van der Waals surface area contributed by atoms with Gasteiger partial charge in [0.2, 0.25) is 0 Å². The third-order valence-corrected chi connectivity index (χ3v) is 1.49. The first-order valence-electron chi connectivity index (χ1n) is 2.30. The lowest BCUT2D eigenvalue weighted by molar-refractivity contribution is 0.322. The van der Waals surface area contributed by atoms with E-state index in [0.717, 1.165) is 11.5 Å². The number of hydrogen-bond acceptors (Lipinski definition) is 3. The van der Waals surface area contributed by atoms with Gasteiger partial charge in [-0.3, -0.25) is 0 Å². The Kier molecular flexibility index (Phi) is 15.0. The zero-order valence-electron chi connectivity index (χ0n) is 4.67. The molecular formula is C4H12ClNOS. The molecule has 0 amide bonds. The predicted molar refractivity (Wildman–Crippen MR) is 40.7 cm³/mol. The predicted octanol–water partition coefficient (Wildman–Crippen LogP) is 0.0924. The molecule has 0 aliphatic carbocycles. The number of hydrogen-bond donors (Lipinski definition) is 2. The van der Waals surface area contributed by atoms with Gasteiger partial charge in [-0.1, -0.05) is 0 Å². The molecule has 0 atom stereocenters. The second-order valence-corrected chi connectivity index (χ2v) is 2.35. The van der Waals surface area contributed by atoms with E-state index >= 15 is 0 Å². The topological polar surface area (TPSA) is 46.2 Å². The van der Waals surface area contributed by atoms with Crippen molar-refractivity contribution in [3.05, 3.63) is 0 Å². The molecule has 0 rings (SSSR count). The van der Waals surface area contributed by atoms with Gasteiger partial charge < -0.3 is 10.8 Å². The van der Waals surface area contributed by atoms with E-state index in [4.69, 9.17) is 10.8 Å². The molecule has 0 spiro atoms. The van der Waals surface area contributed by atoms with E-state index in [0.29, 0.717) is 6.54 Å². The van der Waals surface area contributed by atoms with Gasteiger partial charge in [-0.25, -0.2) is 0 Å². The molecule has 0 aromatic rings. The molecule has 2 nitrogen and oxygen atoms in total. The van der Waals surface area contributed by atoms with Crippen LogP contribution in [0.3, 0.4) is 0 Å². The summed E-state index contributed by atoms with van der Waals surface area (Å²) in [5, 5.41) is 8.23. The molecule has 0 aliphatic rings. The van der Waals surface area contributed by atoms with Crippen molar-refractivity contribution in [1.82, 2.24) is 0 Å². The summed E-state index contributed by atoms with van der Waals surface area (Å²) in [5.74, 6) is 1.78. The van der Waals surface area contributed by atoms with Gasteiger partial charge in [-0.05, 0) is 0 Å². The molecule has 0 aliphatic heterocycles. The highest BCUT2D eigenvalue weighted by molar-refractivity contribution is 7.99. The van der Waals surface area contributed by atoms with Crippen molar-refractivity contribution in [3.8, 4) is 0 Å². The standard InChI is InChI=1S/C4H11NOS.ClH/c5-1-3-7-4-2-6;/h6H,1-5H2;1H. The summed E-state index contributed by atoms with van der Waals surface area (Å²) in [7, 11) is 0. The Morgan fingerprint density at radius 3 is 2.38 bits per heavy atom. The van der Waals surface area contributed by atoms with Crippen LogP contribution in [0.2, 0.25) is 0 Å². The summed E-state index contributed by atoms with van der Waals surface area (Å²) in [6.07, 6.45) is 0. The molecule has 8 heavy (non-hydrogen) atoms. The molecule has 0 aromatic carbocycles. The Bertz CT molecular complexity index is 35.2. The van der Waals surface area contributed by atoms with Gasteiger partial charge in [0.15, 0.2) is 0 Å². The van der Waals surface area contributed by atoms with Crippen molar-refractivity contribution >= 4 is 24.2 Å². The molecule has 0 heterocycles. The molecule has 0 saturated heterocycles. The van der Waals surface area contributed by atoms with Crippen LogP contribution in [-0.2, 0) is 0 Å². The fraction of sp³-hybridized carbons (Fsp3) is 1.00. The fourth-order valence-electron chi connectivity index (χ4n) is 0.250. The van der Waals surface area contributed by atoms with Gasteiger partial charge in [0.25, 0.3) is 0 Å². The number of nitrogens with two attached hydrogens (primary N) is 1. The van der Waals surface area contributed by atoms with Crippen LogP contribution < -0.4 is 5.73 Å². The minimum absolute atomic E-state index is 0. The van der Waals surface area contributed by atoms with Crippen molar-refractivity contribution < 1.29 is 5.11 Å². The highest BCUT2D eigenvalue weighted by Gasteiger charge is 1.80. The molecule has 52 valence electrons. The summed E-state index contributed by atoms with van der Waals surface area (Å²) >= 11 is 1.68. The van der Waals surface area contributed by atoms with Crippen molar-refractivity contribution in [2.75, 3.05) is 24.7 Å². The first-order valence-corrected chi connectivity index (χ1v) is 3.46. The monoisotopic (exact) mass is 157 g/mol. The van der Waals surface area contributed by atoms with Crippen molar-refractivity contribution in [2.45, 2.75) is 0 Å². The largest absolute Gasteiger partial charge is 0.396 e. The van der Waals surface area contributed by atoms with E-state index in [-0.39, 0.29) is 19.0 Å². The summed E-state index contributed by atoms with van der Waals surface area (Å²) in [4.78, 5) is 0. The first kappa shape index (κ1) is 11.4. The van der Waals surface area contributed by atoms with Gasteiger partial charge >= 0.3 is 0 Å². The zero-order valence-corrected chi connectivity index (χ0v) is 6.30. The van der Waals surface area contributed by atoms with Crippen molar-refractivity contribution in [3.63, 3.8) is 0 Å². The Morgan fingerprint density at radius 1 is 1.38 bits per heavy atom. The average molecular weight is 158 g/mol. The van der Waals surface area contributed by atoms with Crippen LogP contribution >= 0.6 is 24.2 Å². The third kappa shape index (κ3) is 9.75. The van der Waals surface area contributed by atoms with E-state index in [1.54, 1.807) is 11.8 Å². The van der Waals surface area contributed by atoms with Crippen LogP contribution in [0, 0.1) is 0 Å². The number of aliphatic hydroxyl groups is 1. The average Bonchev–Trinajstić information content (AvgIpc) is 1.69. The Hall–Kier alpha value is 0.560. The van der Waals surface area contributed by atoms with Gasteiger partial charge in [-0.15, -0.1) is 12.4 Å². The number of thioether (sulfide) groups is 1. The SMILES string of the molecule is Cl.NCCSCCO. The van der Waals surface area contributed by atoms with Gasteiger partial charge in [0, 0.05) is 18.1 Å². The maximum absolute atomic E-state index is 8.23. The zero-order chi connectivity index (χ0) is 5.54. The minimum atomic E-state index is 0. The van der Waals surface area contributed by atoms with Crippen molar-refractivity contribution in [1.29, 1.82) is 0 Å². The number of halogens is 1. The number of aliphatic hydroxyl groups excluding tert-OH is 1. The van der Waals surface area contributed by atoms with Crippen LogP contribution in [0.5, 0.6) is 0 Å². The van der Waals surface area contributed by atoms with Gasteiger partial charge in [0.05, 0.1) is 6.61 Å². The second kappa shape index (κ2) is 10.5. The molecular weight excluding hydrogens is 146 g/mol. The summed E-state index contributed by atoms with van der Waals surface area (Å²) in [6, 6.07) is 0. The highest BCUT2D eigenvalue weighted by atomic mass is 35.5. The minimum Gasteiger partial charge on any atom is -0.396 e. The molecule has 3 N–H and O–H groups in total. The summed E-state index contributed by atoms with van der Waals surface area (Å²) in [6.45, 7) is 0.981. The van der Waals surface area contributed by atoms with Gasteiger partial charge in [-0.2, -0.15) is 11.8 Å². The second-order valence-electron chi connectivity index (χ2n) is 1.12. The molecule has 0 bridgehead atoms. The molecule has 0 unspecified atom stereocenters. The Labute approximate surface area is 60.2 Å². The van der Waals surface area contributed by atoms with E-state index in [2.05, 4.69) is 0 Å². The first-order chi connectivity index (χ1) is 3.41. The van der Waals surface area contributed by atoms with Crippen LogP contribution in [0.1, 0.15) is 0 Å². The summed E-state index contributed by atoms with van der Waals surface area (Å²) < 4.78 is 0. The maximum Gasteiger partial charge on any atom is 0.0521 e. The van der Waals surface area contributed by atoms with E-state index < -0.39 is 0 Å². The molecule has 4 heteroatoms. The molecule has 0 radical (unpaired) electrons. The number of rotatable bonds is 4. The van der Waals surface area contributed by atoms with Crippen LogP contribution in [0.25, 0.3) is 0 Å². The molecule has 0 saturated carbocycles. The van der Waals surface area contributed by atoms with E-state index in [1.807, 2.05) is 0 Å². The van der Waals surface area contributed by atoms with Crippen LogP contribution in [-0.4, -0.2) is 29.8 Å². The lowest BCUT2D eigenvalue weighted by atomic mass is 10.8. The van der Waals surface area contributed by atoms with Crippen molar-refractivity contribution in [2.24, 2.45) is 5.73 Å². The lowest BCUT2D eigenvalue weighted by Gasteiger charge is -1.91. The quantitative estimate of drug-likeness (QED) is 0.569. The fourth-order valence-corrected chi connectivity index (χ4v) is 0.750. The smallest absolute Gasteiger partial charge is 0.0521 e. The van der Waals surface area contributed by atoms with Crippen LogP contribution in [0.15, 0.2) is 0 Å². The van der Waals surface area contributed by atoms with E-state index in [1.165, 1.54) is 0 Å². The molecule has 0 aromatic heterocycles. The highest BCUT2D eigenvalue weighted by Crippen LogP contribution is 1.93.